The molecule has 1 saturated carbocycles. The number of aliphatic hydroxyl groups excluding tert-OH is 1. The molecule has 1 fully saturated rings. The van der Waals surface area contributed by atoms with Gasteiger partial charge in [0.05, 0.1) is 0 Å². The molecule has 0 spiro atoms. The number of rotatable bonds is 6. The topological polar surface area (TPSA) is 61.3 Å². The lowest BCUT2D eigenvalue weighted by atomic mass is 9.95. The van der Waals surface area contributed by atoms with Crippen LogP contribution in [0.3, 0.4) is 0 Å². The Bertz CT molecular complexity index is 744. The first-order valence-corrected chi connectivity index (χ1v) is 9.31. The van der Waals surface area contributed by atoms with Gasteiger partial charge in [-0.2, -0.15) is 0 Å². The maximum Gasteiger partial charge on any atom is 0.136 e. The molecular weight excluding hydrogens is 312 g/mol. The molecule has 4 rings (SSSR count). The lowest BCUT2D eigenvalue weighted by Gasteiger charge is -2.36. The summed E-state index contributed by atoms with van der Waals surface area (Å²) in [6.45, 7) is 4.10. The molecule has 0 unspecified atom stereocenters. The van der Waals surface area contributed by atoms with Crippen molar-refractivity contribution in [2.75, 3.05) is 23.4 Å². The third-order valence-electron chi connectivity index (χ3n) is 5.11. The molecule has 25 heavy (non-hydrogen) atoms. The predicted molar refractivity (Wildman–Crippen MR) is 100.0 cm³/mol. The van der Waals surface area contributed by atoms with Crippen molar-refractivity contribution in [1.29, 1.82) is 0 Å². The highest BCUT2D eigenvalue weighted by Gasteiger charge is 2.30. The normalized spacial score (nSPS) is 19.6. The number of benzene rings is 1. The highest BCUT2D eigenvalue weighted by molar-refractivity contribution is 5.53. The molecule has 5 nitrogen and oxygen atoms in total. The van der Waals surface area contributed by atoms with Crippen LogP contribution >= 0.6 is 0 Å². The first-order valence-electron chi connectivity index (χ1n) is 9.31. The summed E-state index contributed by atoms with van der Waals surface area (Å²) in [5.41, 5.74) is 2.84. The van der Waals surface area contributed by atoms with E-state index in [9.17, 15) is 0 Å². The second-order valence-corrected chi connectivity index (χ2v) is 7.20. The van der Waals surface area contributed by atoms with Crippen molar-refractivity contribution in [1.82, 2.24) is 9.97 Å². The van der Waals surface area contributed by atoms with Crippen LogP contribution in [0.25, 0.3) is 0 Å². The van der Waals surface area contributed by atoms with Crippen molar-refractivity contribution in [3.63, 3.8) is 0 Å². The van der Waals surface area contributed by atoms with Gasteiger partial charge in [-0.05, 0) is 43.7 Å². The highest BCUT2D eigenvalue weighted by Crippen LogP contribution is 2.39. The number of fused-ring (bicyclic) bond motifs is 1. The molecule has 132 valence electrons. The molecule has 0 saturated heterocycles. The van der Waals surface area contributed by atoms with Crippen molar-refractivity contribution in [3.8, 4) is 0 Å². The zero-order valence-electron chi connectivity index (χ0n) is 14.8. The Morgan fingerprint density at radius 3 is 2.76 bits per heavy atom. The van der Waals surface area contributed by atoms with Gasteiger partial charge in [0.1, 0.15) is 17.5 Å². The Morgan fingerprint density at radius 1 is 1.20 bits per heavy atom. The molecule has 1 atom stereocenters. The van der Waals surface area contributed by atoms with E-state index in [0.29, 0.717) is 12.0 Å². The quantitative estimate of drug-likeness (QED) is 0.793. The van der Waals surface area contributed by atoms with Gasteiger partial charge in [-0.1, -0.05) is 24.3 Å². The summed E-state index contributed by atoms with van der Waals surface area (Å²) in [5.74, 6) is 3.39. The Hall–Kier alpha value is -2.14. The molecule has 1 aliphatic carbocycles. The summed E-state index contributed by atoms with van der Waals surface area (Å²) in [7, 11) is 0. The summed E-state index contributed by atoms with van der Waals surface area (Å²) in [4.78, 5) is 12.0. The third-order valence-corrected chi connectivity index (χ3v) is 5.11. The zero-order chi connectivity index (χ0) is 17.2. The fourth-order valence-electron chi connectivity index (χ4n) is 3.50. The average Bonchev–Trinajstić information content (AvgIpc) is 3.46. The van der Waals surface area contributed by atoms with Gasteiger partial charge < -0.3 is 15.3 Å². The van der Waals surface area contributed by atoms with Crippen LogP contribution in [0.2, 0.25) is 0 Å². The minimum absolute atomic E-state index is 0.195. The van der Waals surface area contributed by atoms with Crippen LogP contribution in [0.5, 0.6) is 0 Å². The Balaban J connectivity index is 1.62. The number of hydrogen-bond acceptors (Lipinski definition) is 5. The summed E-state index contributed by atoms with van der Waals surface area (Å²) in [6.07, 6.45) is 4.16. The van der Waals surface area contributed by atoms with Gasteiger partial charge in [-0.3, -0.25) is 0 Å². The van der Waals surface area contributed by atoms with E-state index < -0.39 is 0 Å². The van der Waals surface area contributed by atoms with E-state index in [0.717, 1.165) is 43.4 Å². The van der Waals surface area contributed by atoms with E-state index in [1.807, 2.05) is 0 Å². The second kappa shape index (κ2) is 7.00. The lowest BCUT2D eigenvalue weighted by molar-refractivity contribution is 0.292. The van der Waals surface area contributed by atoms with Crippen LogP contribution in [0, 0.1) is 0 Å². The smallest absolute Gasteiger partial charge is 0.136 e. The number of nitrogens with one attached hydrogen (secondary N) is 1. The van der Waals surface area contributed by atoms with Crippen molar-refractivity contribution >= 4 is 11.6 Å². The molecule has 2 heterocycles. The molecule has 1 aliphatic heterocycles. The minimum atomic E-state index is 0.195. The van der Waals surface area contributed by atoms with Crippen LogP contribution in [0.15, 0.2) is 30.3 Å². The highest BCUT2D eigenvalue weighted by atomic mass is 16.3. The van der Waals surface area contributed by atoms with E-state index in [2.05, 4.69) is 47.5 Å². The fraction of sp³-hybridized carbons (Fsp3) is 0.500. The van der Waals surface area contributed by atoms with Crippen molar-refractivity contribution < 1.29 is 5.11 Å². The summed E-state index contributed by atoms with van der Waals surface area (Å²) in [6, 6.07) is 11.2. The van der Waals surface area contributed by atoms with Crippen LogP contribution in [0.4, 0.5) is 11.6 Å². The molecule has 0 amide bonds. The van der Waals surface area contributed by atoms with Gasteiger partial charge in [0.15, 0.2) is 0 Å². The molecule has 1 aromatic carbocycles. The Kier molecular flexibility index (Phi) is 4.57. The van der Waals surface area contributed by atoms with E-state index in [4.69, 9.17) is 15.1 Å². The van der Waals surface area contributed by atoms with Crippen molar-refractivity contribution in [2.45, 2.75) is 51.1 Å². The zero-order valence-corrected chi connectivity index (χ0v) is 14.8. The third kappa shape index (κ3) is 3.61. The van der Waals surface area contributed by atoms with Gasteiger partial charge >= 0.3 is 0 Å². The fourth-order valence-corrected chi connectivity index (χ4v) is 3.50. The predicted octanol–water partition coefficient (Wildman–Crippen LogP) is 3.10. The minimum Gasteiger partial charge on any atom is -0.396 e. The van der Waals surface area contributed by atoms with E-state index >= 15 is 0 Å². The molecule has 0 radical (unpaired) electrons. The van der Waals surface area contributed by atoms with Crippen LogP contribution in [0.1, 0.15) is 49.1 Å². The summed E-state index contributed by atoms with van der Waals surface area (Å²) in [5, 5.41) is 12.3. The number of aromatic nitrogens is 2. The van der Waals surface area contributed by atoms with Gasteiger partial charge in [0.25, 0.3) is 0 Å². The van der Waals surface area contributed by atoms with E-state index in [-0.39, 0.29) is 6.61 Å². The van der Waals surface area contributed by atoms with E-state index in [1.54, 1.807) is 0 Å². The molecule has 2 aromatic rings. The standard InChI is InChI=1S/C20H26N4O/c1-14-11-16-5-2-3-6-17(16)13-24(14)19-12-18(21-9-4-10-25)22-20(23-19)15-7-8-15/h2-3,5-6,12,14-15,25H,4,7-11,13H2,1H3,(H,21,22,23)/t14-/m0/s1. The second-order valence-electron chi connectivity index (χ2n) is 7.20. The van der Waals surface area contributed by atoms with Crippen molar-refractivity contribution in [3.05, 3.63) is 47.3 Å². The van der Waals surface area contributed by atoms with Gasteiger partial charge in [-0.15, -0.1) is 0 Å². The van der Waals surface area contributed by atoms with Crippen LogP contribution < -0.4 is 10.2 Å². The van der Waals surface area contributed by atoms with Gasteiger partial charge in [0, 0.05) is 37.7 Å². The first-order chi connectivity index (χ1) is 12.2. The number of nitrogens with zero attached hydrogens (tertiary/aromatic N) is 3. The average molecular weight is 338 g/mol. The van der Waals surface area contributed by atoms with Gasteiger partial charge in [-0.25, -0.2) is 9.97 Å². The number of anilines is 2. The Labute approximate surface area is 149 Å². The number of hydrogen-bond donors (Lipinski definition) is 2. The maximum atomic E-state index is 9.00. The Morgan fingerprint density at radius 2 is 2.00 bits per heavy atom. The summed E-state index contributed by atoms with van der Waals surface area (Å²) < 4.78 is 0. The molecule has 0 bridgehead atoms. The number of aliphatic hydroxyl groups is 1. The maximum absolute atomic E-state index is 9.00. The molecular formula is C20H26N4O. The van der Waals surface area contributed by atoms with Crippen molar-refractivity contribution in [2.24, 2.45) is 0 Å². The largest absolute Gasteiger partial charge is 0.396 e. The lowest BCUT2D eigenvalue weighted by Crippen LogP contribution is -2.39. The first kappa shape index (κ1) is 16.3. The summed E-state index contributed by atoms with van der Waals surface area (Å²) >= 11 is 0. The van der Waals surface area contributed by atoms with Crippen LogP contribution in [-0.4, -0.2) is 34.3 Å². The SMILES string of the molecule is C[C@H]1Cc2ccccc2CN1c1cc(NCCCO)nc(C2CC2)n1. The van der Waals surface area contributed by atoms with E-state index in [1.165, 1.54) is 24.0 Å². The molecule has 1 aromatic heterocycles. The molecule has 2 N–H and O–H groups in total. The molecule has 2 aliphatic rings. The van der Waals surface area contributed by atoms with Crippen LogP contribution in [-0.2, 0) is 13.0 Å². The molecule has 5 heteroatoms. The monoisotopic (exact) mass is 338 g/mol. The van der Waals surface area contributed by atoms with Gasteiger partial charge in [0.2, 0.25) is 0 Å².